The highest BCUT2D eigenvalue weighted by Crippen LogP contribution is 2.31. The van der Waals surface area contributed by atoms with Crippen molar-refractivity contribution in [3.05, 3.63) is 40.6 Å². The fraction of sp³-hybridized carbons (Fsp3) is 0.375. The van der Waals surface area contributed by atoms with Crippen LogP contribution in [0.1, 0.15) is 4.88 Å². The molecule has 132 valence electrons. The third kappa shape index (κ3) is 4.27. The zero-order chi connectivity index (χ0) is 17.6. The summed E-state index contributed by atoms with van der Waals surface area (Å²) in [6.07, 6.45) is 0. The molecule has 0 amide bonds. The van der Waals surface area contributed by atoms with Gasteiger partial charge in [-0.05, 0) is 23.6 Å². The molecule has 0 aliphatic rings. The van der Waals surface area contributed by atoms with Gasteiger partial charge in [-0.15, -0.1) is 11.3 Å². The van der Waals surface area contributed by atoms with E-state index in [1.54, 1.807) is 13.2 Å². The topological polar surface area (TPSA) is 65.1 Å². The van der Waals surface area contributed by atoms with E-state index < -0.39 is 10.0 Å². The molecule has 1 heterocycles. The van der Waals surface area contributed by atoms with Gasteiger partial charge in [0.25, 0.3) is 0 Å². The molecule has 1 aromatic carbocycles. The van der Waals surface area contributed by atoms with Crippen molar-refractivity contribution in [1.29, 1.82) is 0 Å². The summed E-state index contributed by atoms with van der Waals surface area (Å²) in [5, 5.41) is 1.92. The molecule has 0 atom stereocenters. The van der Waals surface area contributed by atoms with Gasteiger partial charge in [0.2, 0.25) is 10.0 Å². The Balaban J connectivity index is 2.35. The Morgan fingerprint density at radius 2 is 1.83 bits per heavy atom. The van der Waals surface area contributed by atoms with E-state index in [0.717, 1.165) is 4.88 Å². The number of hydrogen-bond donors (Lipinski definition) is 0. The first-order chi connectivity index (χ1) is 11.5. The maximum atomic E-state index is 13.0. The van der Waals surface area contributed by atoms with Gasteiger partial charge >= 0.3 is 0 Å². The normalized spacial score (nSPS) is 11.7. The van der Waals surface area contributed by atoms with E-state index >= 15 is 0 Å². The molecule has 24 heavy (non-hydrogen) atoms. The molecule has 0 aliphatic carbocycles. The minimum atomic E-state index is -3.68. The molecule has 6 nitrogen and oxygen atoms in total. The third-order valence-electron chi connectivity index (χ3n) is 3.45. The number of nitrogens with zero attached hydrogens (tertiary/aromatic N) is 1. The van der Waals surface area contributed by atoms with E-state index in [9.17, 15) is 8.42 Å². The van der Waals surface area contributed by atoms with Crippen LogP contribution in [0.3, 0.4) is 0 Å². The molecule has 0 N–H and O–H groups in total. The SMILES string of the molecule is COCCN(Cc1cccs1)S(=O)(=O)c1ccc(OC)c(OC)c1. The number of methoxy groups -OCH3 is 3. The van der Waals surface area contributed by atoms with Crippen LogP contribution in [0.25, 0.3) is 0 Å². The molecule has 8 heteroatoms. The van der Waals surface area contributed by atoms with Crippen molar-refractivity contribution in [2.24, 2.45) is 0 Å². The monoisotopic (exact) mass is 371 g/mol. The highest BCUT2D eigenvalue weighted by Gasteiger charge is 2.26. The minimum Gasteiger partial charge on any atom is -0.493 e. The Bertz CT molecular complexity index is 744. The van der Waals surface area contributed by atoms with Crippen LogP contribution in [-0.4, -0.2) is 47.2 Å². The van der Waals surface area contributed by atoms with E-state index in [1.807, 2.05) is 17.5 Å². The van der Waals surface area contributed by atoms with Crippen LogP contribution < -0.4 is 9.47 Å². The number of hydrogen-bond acceptors (Lipinski definition) is 6. The lowest BCUT2D eigenvalue weighted by atomic mass is 10.3. The summed E-state index contributed by atoms with van der Waals surface area (Å²) in [5.41, 5.74) is 0. The van der Waals surface area contributed by atoms with Crippen LogP contribution in [0.2, 0.25) is 0 Å². The van der Waals surface area contributed by atoms with Gasteiger partial charge in [-0.2, -0.15) is 4.31 Å². The van der Waals surface area contributed by atoms with Gasteiger partial charge in [-0.25, -0.2) is 8.42 Å². The molecular formula is C16H21NO5S2. The van der Waals surface area contributed by atoms with Crippen LogP contribution >= 0.6 is 11.3 Å². The summed E-state index contributed by atoms with van der Waals surface area (Å²) in [4.78, 5) is 1.13. The van der Waals surface area contributed by atoms with Gasteiger partial charge in [0.15, 0.2) is 11.5 Å². The molecule has 0 bridgehead atoms. The average Bonchev–Trinajstić information content (AvgIpc) is 3.10. The van der Waals surface area contributed by atoms with Crippen LogP contribution in [-0.2, 0) is 21.3 Å². The molecule has 0 spiro atoms. The molecule has 0 fully saturated rings. The fourth-order valence-electron chi connectivity index (χ4n) is 2.18. The molecular weight excluding hydrogens is 350 g/mol. The summed E-state index contributed by atoms with van der Waals surface area (Å²) in [6, 6.07) is 8.39. The van der Waals surface area contributed by atoms with Gasteiger partial charge in [0, 0.05) is 31.1 Å². The number of rotatable bonds is 9. The molecule has 2 aromatic rings. The van der Waals surface area contributed by atoms with Crippen molar-refractivity contribution in [2.45, 2.75) is 11.4 Å². The summed E-state index contributed by atoms with van der Waals surface area (Å²) < 4.78 is 42.9. The lowest BCUT2D eigenvalue weighted by Gasteiger charge is -2.22. The summed E-state index contributed by atoms with van der Waals surface area (Å²) in [7, 11) is 0.848. The quantitative estimate of drug-likeness (QED) is 0.678. The minimum absolute atomic E-state index is 0.160. The van der Waals surface area contributed by atoms with Crippen LogP contribution in [0.4, 0.5) is 0 Å². The van der Waals surface area contributed by atoms with Crippen molar-refractivity contribution >= 4 is 21.4 Å². The Morgan fingerprint density at radius 1 is 1.08 bits per heavy atom. The van der Waals surface area contributed by atoms with Crippen molar-refractivity contribution in [3.63, 3.8) is 0 Å². The van der Waals surface area contributed by atoms with Crippen molar-refractivity contribution < 1.29 is 22.6 Å². The van der Waals surface area contributed by atoms with Crippen molar-refractivity contribution in [3.8, 4) is 11.5 Å². The standard InChI is InChI=1S/C16H21NO5S2/c1-20-9-8-17(12-13-5-4-10-23-13)24(18,19)14-6-7-15(21-2)16(11-14)22-3/h4-7,10-11H,8-9,12H2,1-3H3. The first kappa shape index (κ1) is 18.7. The zero-order valence-corrected chi connectivity index (χ0v) is 15.5. The van der Waals surface area contributed by atoms with Crippen LogP contribution in [0, 0.1) is 0 Å². The lowest BCUT2D eigenvalue weighted by molar-refractivity contribution is 0.177. The maximum absolute atomic E-state index is 13.0. The fourth-order valence-corrected chi connectivity index (χ4v) is 4.40. The Hall–Kier alpha value is -1.61. The molecule has 1 aromatic heterocycles. The smallest absolute Gasteiger partial charge is 0.243 e. The van der Waals surface area contributed by atoms with Gasteiger partial charge in [0.05, 0.1) is 25.7 Å². The number of ether oxygens (including phenoxy) is 3. The Labute approximate surface area is 146 Å². The number of benzene rings is 1. The summed E-state index contributed by atoms with van der Waals surface area (Å²) in [6.45, 7) is 0.890. The van der Waals surface area contributed by atoms with E-state index in [4.69, 9.17) is 14.2 Å². The van der Waals surface area contributed by atoms with Crippen LogP contribution in [0.5, 0.6) is 11.5 Å². The molecule has 0 saturated carbocycles. The van der Waals surface area contributed by atoms with Crippen molar-refractivity contribution in [2.75, 3.05) is 34.5 Å². The highest BCUT2D eigenvalue weighted by molar-refractivity contribution is 7.89. The summed E-state index contributed by atoms with van der Waals surface area (Å²) >= 11 is 1.52. The Kier molecular flexibility index (Phi) is 6.61. The number of sulfonamides is 1. The van der Waals surface area contributed by atoms with Gasteiger partial charge < -0.3 is 14.2 Å². The second-order valence-corrected chi connectivity index (χ2v) is 7.90. The Morgan fingerprint density at radius 3 is 2.42 bits per heavy atom. The molecule has 0 radical (unpaired) electrons. The van der Waals surface area contributed by atoms with E-state index in [2.05, 4.69) is 0 Å². The predicted molar refractivity (Wildman–Crippen MR) is 93.3 cm³/mol. The maximum Gasteiger partial charge on any atom is 0.243 e. The van der Waals surface area contributed by atoms with E-state index in [1.165, 1.54) is 42.0 Å². The second kappa shape index (κ2) is 8.48. The average molecular weight is 371 g/mol. The van der Waals surface area contributed by atoms with Gasteiger partial charge in [-0.1, -0.05) is 6.07 Å². The first-order valence-electron chi connectivity index (χ1n) is 7.26. The van der Waals surface area contributed by atoms with Gasteiger partial charge in [0.1, 0.15) is 0 Å². The molecule has 0 unspecified atom stereocenters. The molecule has 0 saturated heterocycles. The number of thiophene rings is 1. The first-order valence-corrected chi connectivity index (χ1v) is 9.58. The second-order valence-electron chi connectivity index (χ2n) is 4.93. The van der Waals surface area contributed by atoms with E-state index in [-0.39, 0.29) is 11.4 Å². The van der Waals surface area contributed by atoms with E-state index in [0.29, 0.717) is 24.7 Å². The van der Waals surface area contributed by atoms with Gasteiger partial charge in [-0.3, -0.25) is 0 Å². The van der Waals surface area contributed by atoms with Crippen LogP contribution in [0.15, 0.2) is 40.6 Å². The molecule has 2 rings (SSSR count). The predicted octanol–water partition coefficient (Wildman–Crippen LogP) is 2.60. The largest absolute Gasteiger partial charge is 0.493 e. The van der Waals surface area contributed by atoms with Crippen molar-refractivity contribution in [1.82, 2.24) is 4.31 Å². The zero-order valence-electron chi connectivity index (χ0n) is 13.9. The lowest BCUT2D eigenvalue weighted by Crippen LogP contribution is -2.33. The highest BCUT2D eigenvalue weighted by atomic mass is 32.2. The molecule has 0 aliphatic heterocycles. The summed E-state index contributed by atoms with van der Waals surface area (Å²) in [5.74, 6) is 0.861. The third-order valence-corrected chi connectivity index (χ3v) is 6.15.